The fraction of sp³-hybridized carbons (Fsp3) is 0.286. The second-order valence-electron chi connectivity index (χ2n) is 5.17. The van der Waals surface area contributed by atoms with Gasteiger partial charge in [-0.05, 0) is 12.1 Å². The Bertz CT molecular complexity index is 656. The van der Waals surface area contributed by atoms with Gasteiger partial charge in [-0.2, -0.15) is 5.10 Å². The van der Waals surface area contributed by atoms with Crippen LogP contribution >= 0.6 is 0 Å². The van der Waals surface area contributed by atoms with Crippen LogP contribution in [0.3, 0.4) is 0 Å². The number of halogens is 2. The molecule has 2 aliphatic heterocycles. The molecule has 0 saturated heterocycles. The summed E-state index contributed by atoms with van der Waals surface area (Å²) in [4.78, 5) is 15.5. The van der Waals surface area contributed by atoms with E-state index in [0.717, 1.165) is 18.0 Å². The molecule has 1 aromatic rings. The summed E-state index contributed by atoms with van der Waals surface area (Å²) < 4.78 is 26.3. The van der Waals surface area contributed by atoms with E-state index in [1.54, 1.807) is 11.1 Å². The van der Waals surface area contributed by atoms with Crippen molar-refractivity contribution in [2.75, 3.05) is 4.90 Å². The molecule has 0 bridgehead atoms. The summed E-state index contributed by atoms with van der Waals surface area (Å²) >= 11 is 0. The molecule has 2 heterocycles. The Morgan fingerprint density at radius 1 is 1.24 bits per heavy atom. The molecule has 2 aliphatic rings. The van der Waals surface area contributed by atoms with Crippen molar-refractivity contribution in [3.63, 3.8) is 0 Å². The first-order chi connectivity index (χ1) is 9.99. The van der Waals surface area contributed by atoms with Crippen LogP contribution in [-0.2, 0) is 4.79 Å². The quantitative estimate of drug-likeness (QED) is 0.907. The predicted octanol–water partition coefficient (Wildman–Crippen LogP) is 1.98. The first-order valence-electron chi connectivity index (χ1n) is 6.57. The van der Waals surface area contributed by atoms with Gasteiger partial charge in [0.1, 0.15) is 5.84 Å². The zero-order chi connectivity index (χ0) is 15.1. The van der Waals surface area contributed by atoms with Crippen LogP contribution in [0.2, 0.25) is 0 Å². The number of benzene rings is 1. The number of fused-ring (bicyclic) bond motifs is 1. The standard InChI is InChI=1S/C14H14F2N4O/c1-8(2)12-17-18-13-14(21)19(5-6-20(12)13)9-3-4-10(15)11(16)7-9/h3-8,13,18H,1-2H3. The minimum absolute atomic E-state index is 0.162. The monoisotopic (exact) mass is 292 g/mol. The van der Waals surface area contributed by atoms with Crippen molar-refractivity contribution in [2.45, 2.75) is 20.0 Å². The number of nitrogens with one attached hydrogen (secondary N) is 1. The van der Waals surface area contributed by atoms with Crippen LogP contribution in [-0.4, -0.2) is 22.8 Å². The van der Waals surface area contributed by atoms with Gasteiger partial charge in [-0.15, -0.1) is 0 Å². The number of hydrogen-bond acceptors (Lipinski definition) is 4. The highest BCUT2D eigenvalue weighted by atomic mass is 19.2. The molecule has 3 rings (SSSR count). The van der Waals surface area contributed by atoms with Gasteiger partial charge in [0.25, 0.3) is 5.91 Å². The van der Waals surface area contributed by atoms with E-state index in [1.165, 1.54) is 17.2 Å². The molecule has 0 aliphatic carbocycles. The van der Waals surface area contributed by atoms with Gasteiger partial charge in [-0.1, -0.05) is 13.8 Å². The Labute approximate surface area is 120 Å². The van der Waals surface area contributed by atoms with Gasteiger partial charge >= 0.3 is 0 Å². The number of carbonyl (C=O) groups is 1. The number of amidine groups is 1. The lowest BCUT2D eigenvalue weighted by Crippen LogP contribution is -2.52. The van der Waals surface area contributed by atoms with E-state index in [0.29, 0.717) is 0 Å². The van der Waals surface area contributed by atoms with E-state index in [2.05, 4.69) is 10.5 Å². The summed E-state index contributed by atoms with van der Waals surface area (Å²) in [5.41, 5.74) is 3.04. The Balaban J connectivity index is 1.91. The molecule has 0 saturated carbocycles. The molecule has 7 heteroatoms. The number of anilines is 1. The molecule has 110 valence electrons. The van der Waals surface area contributed by atoms with E-state index in [9.17, 15) is 13.6 Å². The van der Waals surface area contributed by atoms with Crippen LogP contribution in [0.25, 0.3) is 0 Å². The fourth-order valence-corrected chi connectivity index (χ4v) is 2.34. The molecule has 0 spiro atoms. The summed E-state index contributed by atoms with van der Waals surface area (Å²) in [5, 5.41) is 4.15. The lowest BCUT2D eigenvalue weighted by Gasteiger charge is -2.32. The maximum absolute atomic E-state index is 13.3. The summed E-state index contributed by atoms with van der Waals surface area (Å²) in [6, 6.07) is 3.35. The molecule has 0 aromatic heterocycles. The van der Waals surface area contributed by atoms with E-state index >= 15 is 0 Å². The van der Waals surface area contributed by atoms with Crippen molar-refractivity contribution in [3.8, 4) is 0 Å². The smallest absolute Gasteiger partial charge is 0.276 e. The van der Waals surface area contributed by atoms with Gasteiger partial charge < -0.3 is 4.90 Å². The van der Waals surface area contributed by atoms with Crippen molar-refractivity contribution < 1.29 is 13.6 Å². The number of rotatable bonds is 2. The van der Waals surface area contributed by atoms with E-state index in [1.807, 2.05) is 13.8 Å². The van der Waals surface area contributed by atoms with Gasteiger partial charge in [-0.3, -0.25) is 15.1 Å². The molecule has 1 N–H and O–H groups in total. The Kier molecular flexibility index (Phi) is 3.12. The average Bonchev–Trinajstić information content (AvgIpc) is 2.87. The van der Waals surface area contributed by atoms with Crippen LogP contribution < -0.4 is 10.3 Å². The van der Waals surface area contributed by atoms with Crippen LogP contribution in [0.5, 0.6) is 0 Å². The number of carbonyl (C=O) groups excluding carboxylic acids is 1. The highest BCUT2D eigenvalue weighted by Crippen LogP contribution is 2.25. The number of hydrazone groups is 1. The Morgan fingerprint density at radius 3 is 2.67 bits per heavy atom. The highest BCUT2D eigenvalue weighted by Gasteiger charge is 2.38. The van der Waals surface area contributed by atoms with Gasteiger partial charge in [0.2, 0.25) is 6.17 Å². The highest BCUT2D eigenvalue weighted by molar-refractivity contribution is 6.03. The SMILES string of the molecule is CC(C)C1=NNC2C(=O)N(c3ccc(F)c(F)c3)C=CN12. The third-order valence-corrected chi connectivity index (χ3v) is 3.39. The molecule has 1 amide bonds. The minimum Gasteiger partial charge on any atom is -0.303 e. The summed E-state index contributed by atoms with van der Waals surface area (Å²) in [6.07, 6.45) is 2.57. The average molecular weight is 292 g/mol. The van der Waals surface area contributed by atoms with Crippen molar-refractivity contribution >= 4 is 17.4 Å². The van der Waals surface area contributed by atoms with E-state index < -0.39 is 17.8 Å². The second kappa shape index (κ2) is 4.83. The maximum atomic E-state index is 13.3. The maximum Gasteiger partial charge on any atom is 0.276 e. The van der Waals surface area contributed by atoms with Gasteiger partial charge in [0.05, 0.1) is 5.69 Å². The number of hydrogen-bond donors (Lipinski definition) is 1. The first kappa shape index (κ1) is 13.5. The molecule has 0 fully saturated rings. The molecule has 0 radical (unpaired) electrons. The Morgan fingerprint density at radius 2 is 2.00 bits per heavy atom. The largest absolute Gasteiger partial charge is 0.303 e. The zero-order valence-corrected chi connectivity index (χ0v) is 11.5. The van der Waals surface area contributed by atoms with Crippen LogP contribution in [0.4, 0.5) is 14.5 Å². The first-order valence-corrected chi connectivity index (χ1v) is 6.57. The molecule has 5 nitrogen and oxygen atoms in total. The van der Waals surface area contributed by atoms with Crippen LogP contribution in [0.15, 0.2) is 35.7 Å². The number of nitrogens with zero attached hydrogens (tertiary/aromatic N) is 3. The van der Waals surface area contributed by atoms with Crippen LogP contribution in [0, 0.1) is 17.6 Å². The van der Waals surface area contributed by atoms with Gasteiger partial charge in [-0.25, -0.2) is 8.78 Å². The Hall–Kier alpha value is -2.44. The minimum atomic E-state index is -0.991. The van der Waals surface area contributed by atoms with Crippen molar-refractivity contribution in [1.29, 1.82) is 0 Å². The van der Waals surface area contributed by atoms with Gasteiger partial charge in [0.15, 0.2) is 11.6 Å². The predicted molar refractivity (Wildman–Crippen MR) is 74.0 cm³/mol. The summed E-state index contributed by atoms with van der Waals surface area (Å²) in [7, 11) is 0. The third kappa shape index (κ3) is 2.14. The van der Waals surface area contributed by atoms with Gasteiger partial charge in [0, 0.05) is 24.4 Å². The molecule has 1 aromatic carbocycles. The van der Waals surface area contributed by atoms with Crippen LogP contribution in [0.1, 0.15) is 13.8 Å². The lowest BCUT2D eigenvalue weighted by molar-refractivity contribution is -0.122. The number of amides is 1. The van der Waals surface area contributed by atoms with Crippen molar-refractivity contribution in [1.82, 2.24) is 10.3 Å². The lowest BCUT2D eigenvalue weighted by atomic mass is 10.1. The molecule has 21 heavy (non-hydrogen) atoms. The van der Waals surface area contributed by atoms with Crippen molar-refractivity contribution in [2.24, 2.45) is 11.0 Å². The van der Waals surface area contributed by atoms with Crippen molar-refractivity contribution in [3.05, 3.63) is 42.2 Å². The third-order valence-electron chi connectivity index (χ3n) is 3.39. The summed E-state index contributed by atoms with van der Waals surface area (Å²) in [5.74, 6) is -1.32. The molecule has 1 unspecified atom stereocenters. The normalized spacial score (nSPS) is 20.7. The van der Waals surface area contributed by atoms with E-state index in [4.69, 9.17) is 0 Å². The fourth-order valence-electron chi connectivity index (χ4n) is 2.34. The summed E-state index contributed by atoms with van der Waals surface area (Å²) in [6.45, 7) is 3.95. The molecular weight excluding hydrogens is 278 g/mol. The van der Waals surface area contributed by atoms with E-state index in [-0.39, 0.29) is 17.5 Å². The topological polar surface area (TPSA) is 47.9 Å². The zero-order valence-electron chi connectivity index (χ0n) is 11.5. The molecule has 1 atom stereocenters. The molecular formula is C14H14F2N4O. The second-order valence-corrected chi connectivity index (χ2v) is 5.17.